The van der Waals surface area contributed by atoms with Crippen molar-refractivity contribution in [2.45, 2.75) is 25.7 Å². The number of phenols is 1. The highest BCUT2D eigenvalue weighted by molar-refractivity contribution is 6.35. The Labute approximate surface area is 254 Å². The standard InChI is InChI=1S/C31H35ClFN7O3/c1-39(11-6-2-5-10-35-38-34)12-7-15-43-31-36-29-25(30(37-31)40-13-16-42-17-14-40)20-26(32)27(28(29)33)24-19-22(41)18-21-8-3-4-9-23(21)24/h3-4,8-9,18-20,41H,2,5-7,10-17H2,1H3. The summed E-state index contributed by atoms with van der Waals surface area (Å²) in [5.41, 5.74) is 9.12. The average molecular weight is 608 g/mol. The molecule has 0 spiro atoms. The molecule has 0 unspecified atom stereocenters. The molecule has 4 aromatic rings. The first-order chi connectivity index (χ1) is 21.0. The normalized spacial score (nSPS) is 13.5. The first-order valence-corrected chi connectivity index (χ1v) is 14.9. The third-order valence-corrected chi connectivity index (χ3v) is 7.84. The van der Waals surface area contributed by atoms with E-state index < -0.39 is 5.82 Å². The Balaban J connectivity index is 1.40. The highest BCUT2D eigenvalue weighted by Gasteiger charge is 2.24. The molecule has 1 aliphatic heterocycles. The van der Waals surface area contributed by atoms with Gasteiger partial charge in [-0.05, 0) is 72.9 Å². The highest BCUT2D eigenvalue weighted by Crippen LogP contribution is 2.42. The van der Waals surface area contributed by atoms with Crippen LogP contribution >= 0.6 is 11.6 Å². The number of halogens is 2. The number of hydrogen-bond donors (Lipinski definition) is 1. The predicted molar refractivity (Wildman–Crippen MR) is 168 cm³/mol. The van der Waals surface area contributed by atoms with Gasteiger partial charge in [-0.15, -0.1) is 0 Å². The number of morpholine rings is 1. The van der Waals surface area contributed by atoms with E-state index in [2.05, 4.69) is 27.0 Å². The number of fused-ring (bicyclic) bond motifs is 2. The molecule has 5 rings (SSSR count). The van der Waals surface area contributed by atoms with E-state index in [9.17, 15) is 5.11 Å². The van der Waals surface area contributed by atoms with Crippen molar-refractivity contribution in [3.05, 3.63) is 63.7 Å². The van der Waals surface area contributed by atoms with Crippen LogP contribution in [0.3, 0.4) is 0 Å². The van der Waals surface area contributed by atoms with Crippen molar-refractivity contribution in [3.8, 4) is 22.9 Å². The predicted octanol–water partition coefficient (Wildman–Crippen LogP) is 6.97. The summed E-state index contributed by atoms with van der Waals surface area (Å²) in [7, 11) is 2.06. The number of aromatic hydroxyl groups is 1. The van der Waals surface area contributed by atoms with E-state index in [4.69, 9.17) is 31.6 Å². The number of benzene rings is 3. The van der Waals surface area contributed by atoms with Gasteiger partial charge in [0.1, 0.15) is 17.1 Å². The smallest absolute Gasteiger partial charge is 0.319 e. The van der Waals surface area contributed by atoms with Crippen LogP contribution in [0.2, 0.25) is 5.02 Å². The van der Waals surface area contributed by atoms with Gasteiger partial charge in [-0.3, -0.25) is 0 Å². The van der Waals surface area contributed by atoms with Crippen molar-refractivity contribution in [1.82, 2.24) is 14.9 Å². The third kappa shape index (κ3) is 7.37. The maximum Gasteiger partial charge on any atom is 0.319 e. The van der Waals surface area contributed by atoms with Gasteiger partial charge in [0.2, 0.25) is 0 Å². The Morgan fingerprint density at radius 1 is 1.09 bits per heavy atom. The van der Waals surface area contributed by atoms with E-state index >= 15 is 4.39 Å². The van der Waals surface area contributed by atoms with Gasteiger partial charge < -0.3 is 24.4 Å². The van der Waals surface area contributed by atoms with Gasteiger partial charge in [-0.25, -0.2) is 4.39 Å². The topological polar surface area (TPSA) is 120 Å². The molecule has 226 valence electrons. The molecule has 1 N–H and O–H groups in total. The van der Waals surface area contributed by atoms with Crippen molar-refractivity contribution in [1.29, 1.82) is 0 Å². The molecule has 1 fully saturated rings. The van der Waals surface area contributed by atoms with Crippen LogP contribution in [0.4, 0.5) is 10.2 Å². The molecule has 43 heavy (non-hydrogen) atoms. The van der Waals surface area contributed by atoms with Gasteiger partial charge in [0.25, 0.3) is 0 Å². The molecule has 3 aromatic carbocycles. The van der Waals surface area contributed by atoms with E-state index in [0.29, 0.717) is 56.2 Å². The molecule has 1 saturated heterocycles. The zero-order valence-electron chi connectivity index (χ0n) is 24.2. The number of unbranched alkanes of at least 4 members (excludes halogenated alkanes) is 2. The van der Waals surface area contributed by atoms with Crippen molar-refractivity contribution in [2.24, 2.45) is 5.11 Å². The quantitative estimate of drug-likeness (QED) is 0.0754. The molecule has 12 heteroatoms. The molecule has 0 aliphatic carbocycles. The summed E-state index contributed by atoms with van der Waals surface area (Å²) in [5, 5.41) is 16.2. The summed E-state index contributed by atoms with van der Waals surface area (Å²) in [4.78, 5) is 16.3. The number of aromatic nitrogens is 2. The molecule has 0 saturated carbocycles. The Hall–Kier alpha value is -3.89. The molecule has 0 atom stereocenters. The second kappa shape index (κ2) is 14.5. The zero-order valence-corrected chi connectivity index (χ0v) is 24.9. The average Bonchev–Trinajstić information content (AvgIpc) is 3.01. The van der Waals surface area contributed by atoms with Crippen molar-refractivity contribution >= 4 is 39.1 Å². The van der Waals surface area contributed by atoms with Crippen LogP contribution in [-0.4, -0.2) is 79.6 Å². The summed E-state index contributed by atoms with van der Waals surface area (Å²) < 4.78 is 28.1. The summed E-state index contributed by atoms with van der Waals surface area (Å²) in [5.74, 6) is -0.0300. The lowest BCUT2D eigenvalue weighted by Gasteiger charge is -2.29. The zero-order chi connectivity index (χ0) is 30.2. The van der Waals surface area contributed by atoms with Crippen LogP contribution in [0, 0.1) is 5.82 Å². The van der Waals surface area contributed by atoms with Crippen LogP contribution in [0.1, 0.15) is 25.7 Å². The SMILES string of the molecule is CN(CCCCCN=[N+]=[N-])CCCOc1nc(N2CCOCC2)c2cc(Cl)c(-c3cc(O)cc4ccccc34)c(F)c2n1. The van der Waals surface area contributed by atoms with Gasteiger partial charge in [-0.1, -0.05) is 47.4 Å². The van der Waals surface area contributed by atoms with Gasteiger partial charge in [0.05, 0.1) is 24.8 Å². The summed E-state index contributed by atoms with van der Waals surface area (Å²) >= 11 is 6.77. The fourth-order valence-electron chi connectivity index (χ4n) is 5.38. The van der Waals surface area contributed by atoms with Crippen LogP contribution in [0.25, 0.3) is 43.2 Å². The van der Waals surface area contributed by atoms with E-state index in [1.54, 1.807) is 12.1 Å². The molecule has 2 heterocycles. The monoisotopic (exact) mass is 607 g/mol. The molecule has 10 nitrogen and oxygen atoms in total. The summed E-state index contributed by atoms with van der Waals surface area (Å²) in [6.45, 7) is 4.90. The largest absolute Gasteiger partial charge is 0.508 e. The first-order valence-electron chi connectivity index (χ1n) is 14.5. The van der Waals surface area contributed by atoms with Gasteiger partial charge in [0.15, 0.2) is 5.82 Å². The highest BCUT2D eigenvalue weighted by atomic mass is 35.5. The molecular formula is C31H35ClFN7O3. The fraction of sp³-hybridized carbons (Fsp3) is 0.419. The molecule has 1 aromatic heterocycles. The maximum absolute atomic E-state index is 16.5. The van der Waals surface area contributed by atoms with E-state index in [0.717, 1.165) is 49.5 Å². The molecular weight excluding hydrogens is 573 g/mol. The number of hydrogen-bond acceptors (Lipinski definition) is 8. The minimum Gasteiger partial charge on any atom is -0.508 e. The van der Waals surface area contributed by atoms with E-state index in [1.165, 1.54) is 6.07 Å². The molecule has 0 bridgehead atoms. The van der Waals surface area contributed by atoms with Gasteiger partial charge in [0, 0.05) is 42.0 Å². The molecule has 1 aliphatic rings. The van der Waals surface area contributed by atoms with Crippen molar-refractivity contribution in [3.63, 3.8) is 0 Å². The Kier molecular flexibility index (Phi) is 10.3. The Bertz CT molecular complexity index is 1630. The van der Waals surface area contributed by atoms with Crippen LogP contribution in [0.15, 0.2) is 47.6 Å². The number of anilines is 1. The Morgan fingerprint density at radius 3 is 2.70 bits per heavy atom. The lowest BCUT2D eigenvalue weighted by Crippen LogP contribution is -2.37. The van der Waals surface area contributed by atoms with Gasteiger partial charge >= 0.3 is 6.01 Å². The van der Waals surface area contributed by atoms with Crippen LogP contribution in [-0.2, 0) is 4.74 Å². The number of nitrogens with zero attached hydrogens (tertiary/aromatic N) is 7. The van der Waals surface area contributed by atoms with Crippen LogP contribution in [0.5, 0.6) is 11.8 Å². The first kappa shape index (κ1) is 30.6. The van der Waals surface area contributed by atoms with Crippen molar-refractivity contribution < 1.29 is 19.0 Å². The minimum atomic E-state index is -0.597. The number of azide groups is 1. The van der Waals surface area contributed by atoms with E-state index in [1.807, 2.05) is 29.2 Å². The number of phenolic OH excluding ortho intramolecular Hbond substituents is 1. The van der Waals surface area contributed by atoms with Crippen LogP contribution < -0.4 is 9.64 Å². The summed E-state index contributed by atoms with van der Waals surface area (Å²) in [6, 6.07) is 12.4. The van der Waals surface area contributed by atoms with E-state index in [-0.39, 0.29) is 27.9 Å². The fourth-order valence-corrected chi connectivity index (χ4v) is 5.68. The third-order valence-electron chi connectivity index (χ3n) is 7.55. The van der Waals surface area contributed by atoms with Gasteiger partial charge in [-0.2, -0.15) is 9.97 Å². The lowest BCUT2D eigenvalue weighted by atomic mass is 9.96. The summed E-state index contributed by atoms with van der Waals surface area (Å²) in [6.07, 6.45) is 3.66. The van der Waals surface area contributed by atoms with Crippen molar-refractivity contribution in [2.75, 3.05) is 64.5 Å². The molecule has 0 amide bonds. The number of rotatable bonds is 13. The Morgan fingerprint density at radius 2 is 1.88 bits per heavy atom. The minimum absolute atomic E-state index is 0.0168. The maximum atomic E-state index is 16.5. The lowest BCUT2D eigenvalue weighted by molar-refractivity contribution is 0.122. The molecule has 0 radical (unpaired) electrons. The number of ether oxygens (including phenoxy) is 2. The second-order valence-electron chi connectivity index (χ2n) is 10.6. The second-order valence-corrected chi connectivity index (χ2v) is 11.0.